The summed E-state index contributed by atoms with van der Waals surface area (Å²) in [7, 11) is 1.77. The van der Waals surface area contributed by atoms with Gasteiger partial charge in [0.05, 0.1) is 12.7 Å². The molecule has 114 valence electrons. The first-order chi connectivity index (χ1) is 9.13. The number of guanidine groups is 1. The number of pyridine rings is 1. The lowest BCUT2D eigenvalue weighted by Gasteiger charge is -2.20. The minimum absolute atomic E-state index is 0. The molecule has 0 bridgehead atoms. The van der Waals surface area contributed by atoms with Crippen molar-refractivity contribution in [3.63, 3.8) is 0 Å². The molecule has 20 heavy (non-hydrogen) atoms. The van der Waals surface area contributed by atoms with E-state index < -0.39 is 0 Å². The van der Waals surface area contributed by atoms with Gasteiger partial charge in [-0.25, -0.2) is 0 Å². The van der Waals surface area contributed by atoms with E-state index in [1.807, 2.05) is 12.1 Å². The molecular weight excluding hydrogens is 367 g/mol. The van der Waals surface area contributed by atoms with Crippen LogP contribution in [0.2, 0.25) is 0 Å². The molecule has 1 atom stereocenters. The lowest BCUT2D eigenvalue weighted by atomic mass is 10.1. The minimum atomic E-state index is 0. The SMILES string of the molecule is CN=C(NCCOc1cccnc1)NC(C)C(C)C.I. The standard InChI is InChI=1S/C14H24N4O.HI/c1-11(2)12(3)18-14(15-4)17-8-9-19-13-6-5-7-16-10-13;/h5-7,10-12H,8-9H2,1-4H3,(H2,15,17,18);1H. The van der Waals surface area contributed by atoms with E-state index in [1.165, 1.54) is 0 Å². The predicted molar refractivity (Wildman–Crippen MR) is 93.9 cm³/mol. The van der Waals surface area contributed by atoms with Crippen molar-refractivity contribution >= 4 is 29.9 Å². The van der Waals surface area contributed by atoms with Gasteiger partial charge in [-0.1, -0.05) is 13.8 Å². The second-order valence-corrected chi connectivity index (χ2v) is 4.71. The summed E-state index contributed by atoms with van der Waals surface area (Å²) in [6.45, 7) is 7.76. The summed E-state index contributed by atoms with van der Waals surface area (Å²) in [6, 6.07) is 4.12. The average molecular weight is 392 g/mol. The Morgan fingerprint density at radius 2 is 2.15 bits per heavy atom. The zero-order chi connectivity index (χ0) is 14.1. The largest absolute Gasteiger partial charge is 0.490 e. The molecule has 1 heterocycles. The Kier molecular flexibility index (Phi) is 10.1. The van der Waals surface area contributed by atoms with Gasteiger partial charge >= 0.3 is 0 Å². The molecule has 6 heteroatoms. The average Bonchev–Trinajstić information content (AvgIpc) is 2.43. The highest BCUT2D eigenvalue weighted by atomic mass is 127. The molecule has 0 aliphatic rings. The Balaban J connectivity index is 0.00000361. The molecular formula is C14H25IN4O. The molecule has 1 unspecified atom stereocenters. The Bertz CT molecular complexity index is 384. The van der Waals surface area contributed by atoms with Gasteiger partial charge in [-0.3, -0.25) is 9.98 Å². The second kappa shape index (κ2) is 10.7. The Morgan fingerprint density at radius 3 is 2.70 bits per heavy atom. The highest BCUT2D eigenvalue weighted by Gasteiger charge is 2.08. The van der Waals surface area contributed by atoms with E-state index in [9.17, 15) is 0 Å². The van der Waals surface area contributed by atoms with Crippen molar-refractivity contribution < 1.29 is 4.74 Å². The molecule has 1 aromatic rings. The van der Waals surface area contributed by atoms with Crippen LogP contribution in [-0.2, 0) is 0 Å². The summed E-state index contributed by atoms with van der Waals surface area (Å²) in [6.07, 6.45) is 3.43. The van der Waals surface area contributed by atoms with Crippen molar-refractivity contribution in [2.24, 2.45) is 10.9 Å². The summed E-state index contributed by atoms with van der Waals surface area (Å²) >= 11 is 0. The van der Waals surface area contributed by atoms with Crippen molar-refractivity contribution in [3.8, 4) is 5.75 Å². The molecule has 5 nitrogen and oxygen atoms in total. The topological polar surface area (TPSA) is 58.5 Å². The molecule has 0 saturated carbocycles. The van der Waals surface area contributed by atoms with E-state index in [2.05, 4.69) is 41.4 Å². The lowest BCUT2D eigenvalue weighted by Crippen LogP contribution is -2.45. The van der Waals surface area contributed by atoms with Gasteiger partial charge in [-0.05, 0) is 25.0 Å². The number of hydrogen-bond acceptors (Lipinski definition) is 3. The highest BCUT2D eigenvalue weighted by Crippen LogP contribution is 2.05. The van der Waals surface area contributed by atoms with E-state index in [0.717, 1.165) is 11.7 Å². The van der Waals surface area contributed by atoms with Crippen LogP contribution in [0.3, 0.4) is 0 Å². The van der Waals surface area contributed by atoms with Crippen LogP contribution in [0.15, 0.2) is 29.5 Å². The number of aliphatic imine (C=N–C) groups is 1. The lowest BCUT2D eigenvalue weighted by molar-refractivity contribution is 0.320. The number of nitrogens with one attached hydrogen (secondary N) is 2. The Hall–Kier alpha value is -1.05. The van der Waals surface area contributed by atoms with Crippen molar-refractivity contribution in [2.75, 3.05) is 20.2 Å². The van der Waals surface area contributed by atoms with E-state index in [4.69, 9.17) is 4.74 Å². The number of halogens is 1. The van der Waals surface area contributed by atoms with Crippen molar-refractivity contribution in [1.29, 1.82) is 0 Å². The second-order valence-electron chi connectivity index (χ2n) is 4.71. The summed E-state index contributed by atoms with van der Waals surface area (Å²) in [5, 5.41) is 6.55. The van der Waals surface area contributed by atoms with Crippen LogP contribution in [0, 0.1) is 5.92 Å². The molecule has 0 aliphatic heterocycles. The first-order valence-corrected chi connectivity index (χ1v) is 6.63. The fraction of sp³-hybridized carbons (Fsp3) is 0.571. The van der Waals surface area contributed by atoms with Crippen molar-refractivity contribution in [2.45, 2.75) is 26.8 Å². The van der Waals surface area contributed by atoms with E-state index in [0.29, 0.717) is 25.1 Å². The van der Waals surface area contributed by atoms with E-state index >= 15 is 0 Å². The Morgan fingerprint density at radius 1 is 1.40 bits per heavy atom. The van der Waals surface area contributed by atoms with Gasteiger partial charge < -0.3 is 15.4 Å². The summed E-state index contributed by atoms with van der Waals surface area (Å²) in [5.74, 6) is 2.14. The third-order valence-corrected chi connectivity index (χ3v) is 2.89. The molecule has 0 aromatic carbocycles. The van der Waals surface area contributed by atoms with Crippen LogP contribution in [0.1, 0.15) is 20.8 Å². The quantitative estimate of drug-likeness (QED) is 0.338. The van der Waals surface area contributed by atoms with Gasteiger partial charge in [0.15, 0.2) is 5.96 Å². The van der Waals surface area contributed by atoms with Gasteiger partial charge in [0.1, 0.15) is 12.4 Å². The molecule has 1 aromatic heterocycles. The first kappa shape index (κ1) is 18.9. The molecule has 1 rings (SSSR count). The third kappa shape index (κ3) is 7.52. The summed E-state index contributed by atoms with van der Waals surface area (Å²) < 4.78 is 5.55. The molecule has 2 N–H and O–H groups in total. The monoisotopic (exact) mass is 392 g/mol. The highest BCUT2D eigenvalue weighted by molar-refractivity contribution is 14.0. The summed E-state index contributed by atoms with van der Waals surface area (Å²) in [5.41, 5.74) is 0. The summed E-state index contributed by atoms with van der Waals surface area (Å²) in [4.78, 5) is 8.17. The third-order valence-electron chi connectivity index (χ3n) is 2.89. The molecule has 0 saturated heterocycles. The van der Waals surface area contributed by atoms with Crippen LogP contribution < -0.4 is 15.4 Å². The van der Waals surface area contributed by atoms with Gasteiger partial charge in [0.25, 0.3) is 0 Å². The van der Waals surface area contributed by atoms with Crippen LogP contribution in [0.4, 0.5) is 0 Å². The number of aromatic nitrogens is 1. The van der Waals surface area contributed by atoms with Gasteiger partial charge in [-0.15, -0.1) is 24.0 Å². The predicted octanol–water partition coefficient (Wildman–Crippen LogP) is 2.29. The minimum Gasteiger partial charge on any atom is -0.490 e. The zero-order valence-electron chi connectivity index (χ0n) is 12.6. The van der Waals surface area contributed by atoms with Crippen LogP contribution >= 0.6 is 24.0 Å². The smallest absolute Gasteiger partial charge is 0.191 e. The fourth-order valence-corrected chi connectivity index (χ4v) is 1.35. The number of ether oxygens (including phenoxy) is 1. The van der Waals surface area contributed by atoms with Gasteiger partial charge in [-0.2, -0.15) is 0 Å². The van der Waals surface area contributed by atoms with Crippen LogP contribution in [0.25, 0.3) is 0 Å². The molecule has 0 aliphatic carbocycles. The molecule has 0 amide bonds. The number of hydrogen-bond donors (Lipinski definition) is 2. The normalized spacial score (nSPS) is 12.6. The zero-order valence-corrected chi connectivity index (χ0v) is 14.9. The molecule has 0 spiro atoms. The van der Waals surface area contributed by atoms with Crippen molar-refractivity contribution in [3.05, 3.63) is 24.5 Å². The van der Waals surface area contributed by atoms with E-state index in [-0.39, 0.29) is 24.0 Å². The van der Waals surface area contributed by atoms with Gasteiger partial charge in [0.2, 0.25) is 0 Å². The Labute approximate surface area is 138 Å². The van der Waals surface area contributed by atoms with Crippen LogP contribution in [-0.4, -0.2) is 37.2 Å². The van der Waals surface area contributed by atoms with Crippen molar-refractivity contribution in [1.82, 2.24) is 15.6 Å². The number of rotatable bonds is 6. The maximum absolute atomic E-state index is 5.55. The maximum atomic E-state index is 5.55. The molecule has 0 radical (unpaired) electrons. The van der Waals surface area contributed by atoms with Crippen LogP contribution in [0.5, 0.6) is 5.75 Å². The number of nitrogens with zero attached hydrogens (tertiary/aromatic N) is 2. The molecule has 0 fully saturated rings. The van der Waals surface area contributed by atoms with Gasteiger partial charge in [0, 0.05) is 19.3 Å². The maximum Gasteiger partial charge on any atom is 0.191 e. The first-order valence-electron chi connectivity index (χ1n) is 6.63. The van der Waals surface area contributed by atoms with E-state index in [1.54, 1.807) is 19.4 Å². The fourth-order valence-electron chi connectivity index (χ4n) is 1.35.